The molecule has 1 aliphatic rings. The van der Waals surface area contributed by atoms with E-state index in [9.17, 15) is 13.2 Å². The van der Waals surface area contributed by atoms with Gasteiger partial charge in [-0.1, -0.05) is 18.2 Å². The number of carbonyl (C=O) groups excluding carboxylic acids is 1. The van der Waals surface area contributed by atoms with E-state index in [4.69, 9.17) is 9.47 Å². The van der Waals surface area contributed by atoms with E-state index < -0.39 is 9.84 Å². The molecule has 132 valence electrons. The van der Waals surface area contributed by atoms with Crippen molar-refractivity contribution in [1.82, 2.24) is 5.32 Å². The topological polar surface area (TPSA) is 81.7 Å². The molecule has 0 aromatic heterocycles. The van der Waals surface area contributed by atoms with Crippen molar-refractivity contribution in [3.8, 4) is 11.5 Å². The molecule has 0 radical (unpaired) electrons. The van der Waals surface area contributed by atoms with E-state index >= 15 is 0 Å². The standard InChI is InChI=1S/C18H19NO5S/c1-12(14-6-7-16-17(9-14)24-11-23-16)19-18(20)15-5-3-4-13(8-15)10-25(2,21)22/h3-9,12H,10-11H2,1-2H3,(H,19,20). The van der Waals surface area contributed by atoms with Gasteiger partial charge in [0.05, 0.1) is 11.8 Å². The fourth-order valence-electron chi connectivity index (χ4n) is 2.65. The van der Waals surface area contributed by atoms with Gasteiger partial charge in [-0.15, -0.1) is 0 Å². The number of ether oxygens (including phenoxy) is 2. The molecule has 6 nitrogen and oxygen atoms in total. The molecule has 0 spiro atoms. The van der Waals surface area contributed by atoms with E-state index in [1.807, 2.05) is 25.1 Å². The summed E-state index contributed by atoms with van der Waals surface area (Å²) in [6, 6.07) is 11.9. The van der Waals surface area contributed by atoms with Crippen molar-refractivity contribution in [3.63, 3.8) is 0 Å². The molecule has 2 aromatic carbocycles. The first-order valence-electron chi connectivity index (χ1n) is 7.79. The summed E-state index contributed by atoms with van der Waals surface area (Å²) in [5.41, 5.74) is 1.91. The van der Waals surface area contributed by atoms with Crippen LogP contribution in [0.1, 0.15) is 34.5 Å². The van der Waals surface area contributed by atoms with Crippen LogP contribution in [0.3, 0.4) is 0 Å². The number of nitrogens with one attached hydrogen (secondary N) is 1. The first kappa shape index (κ1) is 17.3. The third-order valence-corrected chi connectivity index (χ3v) is 4.72. The Morgan fingerprint density at radius 2 is 1.92 bits per heavy atom. The van der Waals surface area contributed by atoms with Crippen molar-refractivity contribution in [2.75, 3.05) is 13.0 Å². The molecule has 1 heterocycles. The molecule has 0 saturated carbocycles. The van der Waals surface area contributed by atoms with Gasteiger partial charge in [0.25, 0.3) is 5.91 Å². The van der Waals surface area contributed by atoms with Crippen LogP contribution < -0.4 is 14.8 Å². The van der Waals surface area contributed by atoms with Crippen molar-refractivity contribution >= 4 is 15.7 Å². The number of carbonyl (C=O) groups is 1. The molecule has 0 saturated heterocycles. The minimum Gasteiger partial charge on any atom is -0.454 e. The molecule has 1 aliphatic heterocycles. The van der Waals surface area contributed by atoms with E-state index in [1.54, 1.807) is 24.3 Å². The Bertz CT molecular complexity index is 907. The van der Waals surface area contributed by atoms with E-state index in [0.29, 0.717) is 22.6 Å². The lowest BCUT2D eigenvalue weighted by molar-refractivity contribution is 0.0939. The number of sulfone groups is 1. The Balaban J connectivity index is 1.72. The van der Waals surface area contributed by atoms with E-state index in [1.165, 1.54) is 6.26 Å². The molecule has 1 amide bonds. The summed E-state index contributed by atoms with van der Waals surface area (Å²) in [6.45, 7) is 2.07. The highest BCUT2D eigenvalue weighted by atomic mass is 32.2. The average molecular weight is 361 g/mol. The lowest BCUT2D eigenvalue weighted by atomic mass is 10.1. The second-order valence-corrected chi connectivity index (χ2v) is 8.22. The highest BCUT2D eigenvalue weighted by Crippen LogP contribution is 2.34. The lowest BCUT2D eigenvalue weighted by Gasteiger charge is -2.15. The van der Waals surface area contributed by atoms with Gasteiger partial charge in [0.2, 0.25) is 6.79 Å². The molecule has 7 heteroatoms. The van der Waals surface area contributed by atoms with Crippen LogP contribution in [0, 0.1) is 0 Å². The van der Waals surface area contributed by atoms with Crippen LogP contribution in [-0.4, -0.2) is 27.4 Å². The Morgan fingerprint density at radius 3 is 2.68 bits per heavy atom. The number of hydrogen-bond acceptors (Lipinski definition) is 5. The van der Waals surface area contributed by atoms with Gasteiger partial charge in [-0.05, 0) is 42.3 Å². The van der Waals surface area contributed by atoms with Gasteiger partial charge in [-0.2, -0.15) is 0 Å². The van der Waals surface area contributed by atoms with Gasteiger partial charge in [-0.25, -0.2) is 8.42 Å². The molecule has 1 N–H and O–H groups in total. The summed E-state index contributed by atoms with van der Waals surface area (Å²) in [4.78, 5) is 12.5. The number of amides is 1. The first-order chi connectivity index (χ1) is 11.8. The van der Waals surface area contributed by atoms with E-state index in [-0.39, 0.29) is 24.5 Å². The number of fused-ring (bicyclic) bond motifs is 1. The third-order valence-electron chi connectivity index (χ3n) is 3.86. The van der Waals surface area contributed by atoms with E-state index in [0.717, 1.165) is 5.56 Å². The molecule has 25 heavy (non-hydrogen) atoms. The van der Waals surface area contributed by atoms with Crippen LogP contribution >= 0.6 is 0 Å². The van der Waals surface area contributed by atoms with Gasteiger partial charge < -0.3 is 14.8 Å². The van der Waals surface area contributed by atoms with Gasteiger partial charge in [0.15, 0.2) is 21.3 Å². The fraction of sp³-hybridized carbons (Fsp3) is 0.278. The van der Waals surface area contributed by atoms with Crippen LogP contribution in [0.2, 0.25) is 0 Å². The predicted octanol–water partition coefficient (Wildman–Crippen LogP) is 2.45. The summed E-state index contributed by atoms with van der Waals surface area (Å²) in [6.07, 6.45) is 1.17. The molecule has 1 atom stereocenters. The summed E-state index contributed by atoms with van der Waals surface area (Å²) in [5.74, 6) is 0.997. The molecule has 3 rings (SSSR count). The van der Waals surface area contributed by atoms with Crippen molar-refractivity contribution in [1.29, 1.82) is 0 Å². The molecule has 1 unspecified atom stereocenters. The van der Waals surface area contributed by atoms with Crippen LogP contribution in [0.25, 0.3) is 0 Å². The van der Waals surface area contributed by atoms with Crippen molar-refractivity contribution in [3.05, 3.63) is 59.2 Å². The zero-order valence-corrected chi connectivity index (χ0v) is 14.8. The summed E-state index contributed by atoms with van der Waals surface area (Å²) >= 11 is 0. The molecule has 2 aromatic rings. The predicted molar refractivity (Wildman–Crippen MR) is 93.4 cm³/mol. The molecule has 0 fully saturated rings. The Labute approximate surface area is 146 Å². The monoisotopic (exact) mass is 361 g/mol. The minimum atomic E-state index is -3.15. The fourth-order valence-corrected chi connectivity index (χ4v) is 3.44. The molecule has 0 bridgehead atoms. The maximum atomic E-state index is 12.5. The molecular weight excluding hydrogens is 342 g/mol. The SMILES string of the molecule is CC(NC(=O)c1cccc(CS(C)(=O)=O)c1)c1ccc2c(c1)OCO2. The first-order valence-corrected chi connectivity index (χ1v) is 9.85. The molecular formula is C18H19NO5S. The average Bonchev–Trinajstić information content (AvgIpc) is 3.01. The van der Waals surface area contributed by atoms with Crippen LogP contribution in [0.4, 0.5) is 0 Å². The Morgan fingerprint density at radius 1 is 1.16 bits per heavy atom. The van der Waals surface area contributed by atoms with Crippen molar-refractivity contribution in [2.24, 2.45) is 0 Å². The van der Waals surface area contributed by atoms with Crippen molar-refractivity contribution in [2.45, 2.75) is 18.7 Å². The smallest absolute Gasteiger partial charge is 0.251 e. The van der Waals surface area contributed by atoms with Crippen LogP contribution in [-0.2, 0) is 15.6 Å². The second kappa shape index (κ2) is 6.76. The number of hydrogen-bond donors (Lipinski definition) is 1. The largest absolute Gasteiger partial charge is 0.454 e. The Hall–Kier alpha value is -2.54. The number of rotatable bonds is 5. The zero-order valence-electron chi connectivity index (χ0n) is 14.0. The third kappa shape index (κ3) is 4.30. The van der Waals surface area contributed by atoms with Crippen molar-refractivity contribution < 1.29 is 22.7 Å². The minimum absolute atomic E-state index is 0.0914. The van der Waals surface area contributed by atoms with E-state index in [2.05, 4.69) is 5.32 Å². The molecule has 0 aliphatic carbocycles. The highest BCUT2D eigenvalue weighted by Gasteiger charge is 2.17. The maximum absolute atomic E-state index is 12.5. The zero-order chi connectivity index (χ0) is 18.0. The quantitative estimate of drug-likeness (QED) is 0.885. The van der Waals surface area contributed by atoms with Gasteiger partial charge >= 0.3 is 0 Å². The Kier molecular flexibility index (Phi) is 4.67. The summed E-state index contributed by atoms with van der Waals surface area (Å²) < 4.78 is 33.5. The summed E-state index contributed by atoms with van der Waals surface area (Å²) in [7, 11) is -3.15. The van der Waals surface area contributed by atoms with Gasteiger partial charge in [0.1, 0.15) is 0 Å². The van der Waals surface area contributed by atoms with Gasteiger partial charge in [-0.3, -0.25) is 4.79 Å². The maximum Gasteiger partial charge on any atom is 0.251 e. The normalized spacial score (nSPS) is 14.2. The highest BCUT2D eigenvalue weighted by molar-refractivity contribution is 7.89. The van der Waals surface area contributed by atoms with Gasteiger partial charge in [0, 0.05) is 11.8 Å². The van der Waals surface area contributed by atoms with Crippen LogP contribution in [0.15, 0.2) is 42.5 Å². The summed E-state index contributed by atoms with van der Waals surface area (Å²) in [5, 5.41) is 2.91. The van der Waals surface area contributed by atoms with Crippen LogP contribution in [0.5, 0.6) is 11.5 Å². The number of benzene rings is 2. The lowest BCUT2D eigenvalue weighted by Crippen LogP contribution is -2.26. The second-order valence-electron chi connectivity index (χ2n) is 6.08.